The predicted octanol–water partition coefficient (Wildman–Crippen LogP) is 4.26. The van der Waals surface area contributed by atoms with Gasteiger partial charge in [-0.25, -0.2) is 4.98 Å². The zero-order valence-electron chi connectivity index (χ0n) is 16.1. The average molecular weight is 383 g/mol. The van der Waals surface area contributed by atoms with Gasteiger partial charge in [-0.05, 0) is 49.3 Å². The Morgan fingerprint density at radius 1 is 1.19 bits per heavy atom. The van der Waals surface area contributed by atoms with Crippen LogP contribution >= 0.6 is 11.6 Å². The van der Waals surface area contributed by atoms with Crippen molar-refractivity contribution < 1.29 is 0 Å². The number of likely N-dealkylation sites (N-methyl/N-ethyl adjacent to an activating group) is 1. The first-order chi connectivity index (χ1) is 13.1. The van der Waals surface area contributed by atoms with Gasteiger partial charge in [0.25, 0.3) is 0 Å². The third kappa shape index (κ3) is 4.03. The van der Waals surface area contributed by atoms with E-state index in [1.165, 1.54) is 12.0 Å². The first kappa shape index (κ1) is 18.5. The van der Waals surface area contributed by atoms with Gasteiger partial charge < -0.3 is 9.47 Å². The molecule has 1 aromatic heterocycles. The number of fused-ring (bicyclic) bond motifs is 1. The van der Waals surface area contributed by atoms with Crippen LogP contribution < -0.4 is 0 Å². The summed E-state index contributed by atoms with van der Waals surface area (Å²) in [5, 5.41) is 0.840. The van der Waals surface area contributed by atoms with E-state index in [1.807, 2.05) is 24.5 Å². The second kappa shape index (κ2) is 8.01. The SMILES string of the molecule is CCN(C)C1CCN(Cc2ccc(Cn3cnc4ccccc43)c(Cl)c2)C1. The largest absolute Gasteiger partial charge is 0.326 e. The molecule has 1 aliphatic rings. The summed E-state index contributed by atoms with van der Waals surface area (Å²) < 4.78 is 2.15. The highest BCUT2D eigenvalue weighted by Gasteiger charge is 2.24. The van der Waals surface area contributed by atoms with E-state index in [2.05, 4.69) is 57.6 Å². The minimum absolute atomic E-state index is 0.680. The maximum absolute atomic E-state index is 6.62. The smallest absolute Gasteiger partial charge is 0.0961 e. The third-order valence-corrected chi connectivity index (χ3v) is 6.11. The van der Waals surface area contributed by atoms with Gasteiger partial charge in [-0.3, -0.25) is 4.90 Å². The summed E-state index contributed by atoms with van der Waals surface area (Å²) in [5.74, 6) is 0. The molecule has 0 bridgehead atoms. The standard InChI is InChI=1S/C22H27ClN4/c1-3-25(2)19-10-11-26(15-19)13-17-8-9-18(20(23)12-17)14-27-16-24-21-6-4-5-7-22(21)27/h4-9,12,16,19H,3,10-11,13-15H2,1-2H3. The molecule has 0 radical (unpaired) electrons. The van der Waals surface area contributed by atoms with Crippen molar-refractivity contribution in [3.05, 3.63) is 64.9 Å². The lowest BCUT2D eigenvalue weighted by Crippen LogP contribution is -2.34. The Bertz CT molecular complexity index is 920. The Morgan fingerprint density at radius 2 is 2.04 bits per heavy atom. The molecule has 0 amide bonds. The van der Waals surface area contributed by atoms with Crippen LogP contribution in [0.3, 0.4) is 0 Å². The molecule has 1 aliphatic heterocycles. The molecule has 0 saturated carbocycles. The van der Waals surface area contributed by atoms with E-state index >= 15 is 0 Å². The van der Waals surface area contributed by atoms with Gasteiger partial charge in [0.1, 0.15) is 0 Å². The van der Waals surface area contributed by atoms with Gasteiger partial charge in [0, 0.05) is 30.7 Å². The monoisotopic (exact) mass is 382 g/mol. The molecule has 5 heteroatoms. The molecule has 27 heavy (non-hydrogen) atoms. The maximum Gasteiger partial charge on any atom is 0.0961 e. The predicted molar refractivity (Wildman–Crippen MR) is 112 cm³/mol. The average Bonchev–Trinajstić information content (AvgIpc) is 3.31. The minimum atomic E-state index is 0.680. The molecule has 0 aliphatic carbocycles. The molecule has 1 unspecified atom stereocenters. The van der Waals surface area contributed by atoms with Crippen LogP contribution in [0.15, 0.2) is 48.8 Å². The summed E-state index contributed by atoms with van der Waals surface area (Å²) in [6.45, 7) is 7.36. The fourth-order valence-corrected chi connectivity index (χ4v) is 4.23. The van der Waals surface area contributed by atoms with Gasteiger partial charge in [0.05, 0.1) is 23.9 Å². The van der Waals surface area contributed by atoms with Crippen LogP contribution in [0.2, 0.25) is 5.02 Å². The van der Waals surface area contributed by atoms with Crippen LogP contribution in [0.5, 0.6) is 0 Å². The number of halogens is 1. The highest BCUT2D eigenvalue weighted by molar-refractivity contribution is 6.31. The lowest BCUT2D eigenvalue weighted by Gasteiger charge is -2.23. The number of hydrogen-bond acceptors (Lipinski definition) is 3. The van der Waals surface area contributed by atoms with Crippen molar-refractivity contribution in [1.82, 2.24) is 19.4 Å². The first-order valence-corrected chi connectivity index (χ1v) is 10.1. The zero-order valence-corrected chi connectivity index (χ0v) is 16.9. The molecule has 1 atom stereocenters. The van der Waals surface area contributed by atoms with Gasteiger partial charge >= 0.3 is 0 Å². The van der Waals surface area contributed by atoms with E-state index in [9.17, 15) is 0 Å². The number of hydrogen-bond donors (Lipinski definition) is 0. The Hall–Kier alpha value is -1.88. The molecule has 4 rings (SSSR count). The Kier molecular flexibility index (Phi) is 5.48. The summed E-state index contributed by atoms with van der Waals surface area (Å²) in [4.78, 5) is 9.45. The van der Waals surface area contributed by atoms with Crippen molar-refractivity contribution in [2.24, 2.45) is 0 Å². The lowest BCUT2D eigenvalue weighted by molar-refractivity contribution is 0.238. The molecule has 4 nitrogen and oxygen atoms in total. The van der Waals surface area contributed by atoms with Crippen LogP contribution in [-0.4, -0.2) is 52.1 Å². The highest BCUT2D eigenvalue weighted by atomic mass is 35.5. The van der Waals surface area contributed by atoms with Crippen LogP contribution in [0.4, 0.5) is 0 Å². The molecule has 3 aromatic rings. The molecular formula is C22H27ClN4. The normalized spacial score (nSPS) is 18.0. The molecular weight excluding hydrogens is 356 g/mol. The van der Waals surface area contributed by atoms with Crippen molar-refractivity contribution in [1.29, 1.82) is 0 Å². The van der Waals surface area contributed by atoms with Crippen LogP contribution in [0.1, 0.15) is 24.5 Å². The number of rotatable bonds is 6. The summed E-state index contributed by atoms with van der Waals surface area (Å²) >= 11 is 6.62. The number of benzene rings is 2. The Balaban J connectivity index is 1.44. The van der Waals surface area contributed by atoms with Crippen molar-refractivity contribution in [2.45, 2.75) is 32.5 Å². The Labute approximate surface area is 166 Å². The first-order valence-electron chi connectivity index (χ1n) is 9.74. The van der Waals surface area contributed by atoms with E-state index in [-0.39, 0.29) is 0 Å². The number of imidazole rings is 1. The van der Waals surface area contributed by atoms with Crippen LogP contribution in [0, 0.1) is 0 Å². The number of aromatic nitrogens is 2. The van der Waals surface area contributed by atoms with Gasteiger partial charge in [-0.2, -0.15) is 0 Å². The molecule has 1 saturated heterocycles. The van der Waals surface area contributed by atoms with Crippen molar-refractivity contribution in [2.75, 3.05) is 26.7 Å². The quantitative estimate of drug-likeness (QED) is 0.636. The number of nitrogens with zero attached hydrogens (tertiary/aromatic N) is 4. The summed E-state index contributed by atoms with van der Waals surface area (Å²) in [7, 11) is 2.22. The van der Waals surface area contributed by atoms with E-state index in [4.69, 9.17) is 11.6 Å². The lowest BCUT2D eigenvalue weighted by atomic mass is 10.1. The molecule has 1 fully saturated rings. The van der Waals surface area contributed by atoms with Crippen molar-refractivity contribution in [3.8, 4) is 0 Å². The Morgan fingerprint density at radius 3 is 2.85 bits per heavy atom. The summed E-state index contributed by atoms with van der Waals surface area (Å²) in [5.41, 5.74) is 4.58. The summed E-state index contributed by atoms with van der Waals surface area (Å²) in [6.07, 6.45) is 3.15. The third-order valence-electron chi connectivity index (χ3n) is 5.76. The highest BCUT2D eigenvalue weighted by Crippen LogP contribution is 2.23. The van der Waals surface area contributed by atoms with Gasteiger partial charge in [0.2, 0.25) is 0 Å². The van der Waals surface area contributed by atoms with E-state index in [0.29, 0.717) is 6.04 Å². The van der Waals surface area contributed by atoms with E-state index < -0.39 is 0 Å². The van der Waals surface area contributed by atoms with Gasteiger partial charge in [0.15, 0.2) is 0 Å². The van der Waals surface area contributed by atoms with Gasteiger partial charge in [-0.15, -0.1) is 0 Å². The van der Waals surface area contributed by atoms with Crippen molar-refractivity contribution in [3.63, 3.8) is 0 Å². The zero-order chi connectivity index (χ0) is 18.8. The fourth-order valence-electron chi connectivity index (χ4n) is 3.97. The summed E-state index contributed by atoms with van der Waals surface area (Å²) in [6, 6.07) is 15.4. The molecule has 0 spiro atoms. The maximum atomic E-state index is 6.62. The number of likely N-dealkylation sites (tertiary alicyclic amines) is 1. The molecule has 0 N–H and O–H groups in total. The second-order valence-corrected chi connectivity index (χ2v) is 7.94. The molecule has 2 heterocycles. The minimum Gasteiger partial charge on any atom is -0.326 e. The number of para-hydroxylation sites is 2. The van der Waals surface area contributed by atoms with E-state index in [1.54, 1.807) is 0 Å². The van der Waals surface area contributed by atoms with E-state index in [0.717, 1.165) is 54.3 Å². The van der Waals surface area contributed by atoms with Crippen molar-refractivity contribution >= 4 is 22.6 Å². The van der Waals surface area contributed by atoms with Crippen LogP contribution in [0.25, 0.3) is 11.0 Å². The topological polar surface area (TPSA) is 24.3 Å². The molecule has 142 valence electrons. The van der Waals surface area contributed by atoms with Crippen LogP contribution in [-0.2, 0) is 13.1 Å². The molecule has 2 aromatic carbocycles. The fraction of sp³-hybridized carbons (Fsp3) is 0.409. The van der Waals surface area contributed by atoms with Gasteiger partial charge in [-0.1, -0.05) is 42.8 Å². The second-order valence-electron chi connectivity index (χ2n) is 7.54.